The van der Waals surface area contributed by atoms with E-state index in [0.717, 1.165) is 11.3 Å². The lowest BCUT2D eigenvalue weighted by molar-refractivity contribution is 0.326. The van der Waals surface area contributed by atoms with E-state index in [2.05, 4.69) is 37.4 Å². The number of rotatable bonds is 3. The van der Waals surface area contributed by atoms with Crippen LogP contribution >= 0.6 is 0 Å². The smallest absolute Gasteiger partial charge is 0.134 e. The summed E-state index contributed by atoms with van der Waals surface area (Å²) in [4.78, 5) is 0. The van der Waals surface area contributed by atoms with E-state index < -0.39 is 0 Å². The van der Waals surface area contributed by atoms with Gasteiger partial charge >= 0.3 is 0 Å². The zero-order valence-corrected chi connectivity index (χ0v) is 11.9. The number of furan rings is 1. The standard InChI is InChI=1S/C17H23NO/c1-12-15-10-6-7-11-16(15)19-17(12)13(2)18-14-8-4-3-5-9-14/h6-7,10-11,13-14,18H,3-5,8-9H2,1-2H3. The molecule has 1 fully saturated rings. The molecule has 0 bridgehead atoms. The van der Waals surface area contributed by atoms with E-state index >= 15 is 0 Å². The number of hydrogen-bond donors (Lipinski definition) is 1. The van der Waals surface area contributed by atoms with Crippen molar-refractivity contribution in [2.45, 2.75) is 58.0 Å². The van der Waals surface area contributed by atoms with Gasteiger partial charge in [-0.2, -0.15) is 0 Å². The Balaban J connectivity index is 1.80. The molecule has 2 heteroatoms. The molecule has 0 spiro atoms. The minimum Gasteiger partial charge on any atom is -0.459 e. The molecule has 2 aromatic rings. The quantitative estimate of drug-likeness (QED) is 0.860. The lowest BCUT2D eigenvalue weighted by Gasteiger charge is -2.26. The Hall–Kier alpha value is -1.28. The fourth-order valence-electron chi connectivity index (χ4n) is 3.30. The van der Waals surface area contributed by atoms with E-state index in [1.54, 1.807) is 0 Å². The summed E-state index contributed by atoms with van der Waals surface area (Å²) in [6.45, 7) is 4.39. The van der Waals surface area contributed by atoms with Crippen LogP contribution in [0.25, 0.3) is 11.0 Å². The summed E-state index contributed by atoms with van der Waals surface area (Å²) in [6.07, 6.45) is 6.75. The fourth-order valence-corrected chi connectivity index (χ4v) is 3.30. The molecule has 1 aliphatic rings. The highest BCUT2D eigenvalue weighted by atomic mass is 16.3. The summed E-state index contributed by atoms with van der Waals surface area (Å²) in [5, 5.41) is 4.99. The van der Waals surface area contributed by atoms with E-state index in [9.17, 15) is 0 Å². The highest BCUT2D eigenvalue weighted by Crippen LogP contribution is 2.30. The topological polar surface area (TPSA) is 25.2 Å². The van der Waals surface area contributed by atoms with E-state index in [1.165, 1.54) is 43.1 Å². The zero-order chi connectivity index (χ0) is 13.2. The Morgan fingerprint density at radius 3 is 2.63 bits per heavy atom. The summed E-state index contributed by atoms with van der Waals surface area (Å²) in [6, 6.07) is 9.28. The molecule has 1 aromatic heterocycles. The maximum Gasteiger partial charge on any atom is 0.134 e. The summed E-state index contributed by atoms with van der Waals surface area (Å²) in [7, 11) is 0. The SMILES string of the molecule is Cc1c(C(C)NC2CCCCC2)oc2ccccc12. The van der Waals surface area contributed by atoms with Gasteiger partial charge in [0.1, 0.15) is 11.3 Å². The molecule has 0 saturated heterocycles. The second-order valence-corrected chi connectivity index (χ2v) is 5.81. The zero-order valence-electron chi connectivity index (χ0n) is 11.9. The molecule has 102 valence electrons. The molecule has 1 saturated carbocycles. The van der Waals surface area contributed by atoms with Gasteiger partial charge in [0, 0.05) is 11.4 Å². The predicted molar refractivity (Wildman–Crippen MR) is 79.4 cm³/mol. The predicted octanol–water partition coefficient (Wildman–Crippen LogP) is 4.72. The molecule has 1 aromatic carbocycles. The average molecular weight is 257 g/mol. The van der Waals surface area contributed by atoms with Gasteiger partial charge in [0.05, 0.1) is 6.04 Å². The van der Waals surface area contributed by atoms with Crippen LogP contribution in [0.3, 0.4) is 0 Å². The third-order valence-electron chi connectivity index (χ3n) is 4.36. The van der Waals surface area contributed by atoms with Gasteiger partial charge in [0.25, 0.3) is 0 Å². The Bertz CT molecular complexity index is 551. The molecule has 2 nitrogen and oxygen atoms in total. The molecule has 1 atom stereocenters. The van der Waals surface area contributed by atoms with Crippen LogP contribution < -0.4 is 5.32 Å². The van der Waals surface area contributed by atoms with E-state index in [-0.39, 0.29) is 0 Å². The van der Waals surface area contributed by atoms with Gasteiger partial charge in [0.2, 0.25) is 0 Å². The van der Waals surface area contributed by atoms with E-state index in [1.807, 2.05) is 6.07 Å². The lowest BCUT2D eigenvalue weighted by Crippen LogP contribution is -2.33. The second kappa shape index (κ2) is 5.38. The summed E-state index contributed by atoms with van der Waals surface area (Å²) in [5.41, 5.74) is 2.29. The van der Waals surface area contributed by atoms with Crippen molar-refractivity contribution in [3.8, 4) is 0 Å². The van der Waals surface area contributed by atoms with Crippen LogP contribution in [-0.4, -0.2) is 6.04 Å². The number of hydrogen-bond acceptors (Lipinski definition) is 2. The minimum atomic E-state index is 0.301. The van der Waals surface area contributed by atoms with Crippen molar-refractivity contribution < 1.29 is 4.42 Å². The number of fused-ring (bicyclic) bond motifs is 1. The highest BCUT2D eigenvalue weighted by molar-refractivity contribution is 5.82. The van der Waals surface area contributed by atoms with Crippen molar-refractivity contribution in [1.29, 1.82) is 0 Å². The van der Waals surface area contributed by atoms with Crippen LogP contribution in [0.4, 0.5) is 0 Å². The molecule has 1 N–H and O–H groups in total. The number of nitrogens with one attached hydrogen (secondary N) is 1. The Labute approximate surface area is 115 Å². The second-order valence-electron chi connectivity index (χ2n) is 5.81. The first-order valence-corrected chi connectivity index (χ1v) is 7.50. The van der Waals surface area contributed by atoms with Crippen LogP contribution in [0, 0.1) is 6.92 Å². The normalized spacial score (nSPS) is 18.8. The van der Waals surface area contributed by atoms with Crippen LogP contribution in [0.5, 0.6) is 0 Å². The number of benzene rings is 1. The van der Waals surface area contributed by atoms with Gasteiger partial charge in [0.15, 0.2) is 0 Å². The Morgan fingerprint density at radius 2 is 1.89 bits per heavy atom. The maximum absolute atomic E-state index is 6.04. The van der Waals surface area contributed by atoms with Gasteiger partial charge in [-0.3, -0.25) is 0 Å². The van der Waals surface area contributed by atoms with Crippen LogP contribution in [-0.2, 0) is 0 Å². The molecule has 19 heavy (non-hydrogen) atoms. The van der Waals surface area contributed by atoms with Crippen molar-refractivity contribution in [2.24, 2.45) is 0 Å². The molecule has 0 amide bonds. The Morgan fingerprint density at radius 1 is 1.16 bits per heavy atom. The van der Waals surface area contributed by atoms with Gasteiger partial charge in [-0.05, 0) is 38.3 Å². The first-order chi connectivity index (χ1) is 9.25. The van der Waals surface area contributed by atoms with Crippen molar-refractivity contribution in [1.82, 2.24) is 5.32 Å². The lowest BCUT2D eigenvalue weighted by atomic mass is 9.94. The van der Waals surface area contributed by atoms with Crippen molar-refractivity contribution in [2.75, 3.05) is 0 Å². The third-order valence-corrected chi connectivity index (χ3v) is 4.36. The van der Waals surface area contributed by atoms with Gasteiger partial charge < -0.3 is 9.73 Å². The van der Waals surface area contributed by atoms with Crippen molar-refractivity contribution in [3.63, 3.8) is 0 Å². The average Bonchev–Trinajstić information content (AvgIpc) is 2.78. The Kier molecular flexibility index (Phi) is 3.61. The van der Waals surface area contributed by atoms with Gasteiger partial charge in [-0.1, -0.05) is 37.5 Å². The molecule has 0 aliphatic heterocycles. The summed E-state index contributed by atoms with van der Waals surface area (Å²) < 4.78 is 6.04. The monoisotopic (exact) mass is 257 g/mol. The maximum atomic E-state index is 6.04. The number of aryl methyl sites for hydroxylation is 1. The van der Waals surface area contributed by atoms with Crippen LogP contribution in [0.1, 0.15) is 56.4 Å². The summed E-state index contributed by atoms with van der Waals surface area (Å²) in [5.74, 6) is 1.10. The van der Waals surface area contributed by atoms with Crippen LogP contribution in [0.15, 0.2) is 28.7 Å². The largest absolute Gasteiger partial charge is 0.459 e. The van der Waals surface area contributed by atoms with E-state index in [0.29, 0.717) is 12.1 Å². The van der Waals surface area contributed by atoms with Gasteiger partial charge in [-0.15, -0.1) is 0 Å². The molecule has 0 radical (unpaired) electrons. The molecule has 1 heterocycles. The highest BCUT2D eigenvalue weighted by Gasteiger charge is 2.20. The molecule has 1 unspecified atom stereocenters. The molecular weight excluding hydrogens is 234 g/mol. The van der Waals surface area contributed by atoms with Gasteiger partial charge in [-0.25, -0.2) is 0 Å². The first kappa shape index (κ1) is 12.7. The first-order valence-electron chi connectivity index (χ1n) is 7.50. The molecule has 1 aliphatic carbocycles. The van der Waals surface area contributed by atoms with E-state index in [4.69, 9.17) is 4.42 Å². The fraction of sp³-hybridized carbons (Fsp3) is 0.529. The molecule has 3 rings (SSSR count). The minimum absolute atomic E-state index is 0.301. The summed E-state index contributed by atoms with van der Waals surface area (Å²) >= 11 is 0. The third kappa shape index (κ3) is 2.55. The van der Waals surface area contributed by atoms with Crippen molar-refractivity contribution in [3.05, 3.63) is 35.6 Å². The van der Waals surface area contributed by atoms with Crippen LogP contribution in [0.2, 0.25) is 0 Å². The van der Waals surface area contributed by atoms with Crippen molar-refractivity contribution >= 4 is 11.0 Å². The molecular formula is C17H23NO. The number of para-hydroxylation sites is 1.